The van der Waals surface area contributed by atoms with Gasteiger partial charge in [0.2, 0.25) is 0 Å². The molecule has 2 rings (SSSR count). The average molecular weight is 312 g/mol. The molecule has 20 heavy (non-hydrogen) atoms. The van der Waals surface area contributed by atoms with Gasteiger partial charge in [-0.2, -0.15) is 0 Å². The van der Waals surface area contributed by atoms with Crippen molar-refractivity contribution >= 4 is 28.9 Å². The Morgan fingerprint density at radius 3 is 2.65 bits per heavy atom. The Morgan fingerprint density at radius 1 is 1.15 bits per heavy atom. The molecule has 1 aromatic carbocycles. The Hall–Kier alpha value is -1.36. The van der Waals surface area contributed by atoms with Gasteiger partial charge in [-0.05, 0) is 18.1 Å². The molecular weight excluding hydrogens is 297 g/mol. The number of anilines is 1. The highest BCUT2D eigenvalue weighted by Gasteiger charge is 2.06. The molecule has 0 aliphatic carbocycles. The summed E-state index contributed by atoms with van der Waals surface area (Å²) in [5.41, 5.74) is 2.95. The molecule has 0 unspecified atom stereocenters. The van der Waals surface area contributed by atoms with Crippen molar-refractivity contribution in [1.29, 1.82) is 0 Å². The number of nitrogens with zero attached hydrogens (tertiary/aromatic N) is 2. The maximum absolute atomic E-state index is 5.97. The van der Waals surface area contributed by atoms with Crippen molar-refractivity contribution in [3.05, 3.63) is 51.8 Å². The zero-order chi connectivity index (χ0) is 14.4. The smallest absolute Gasteiger partial charge is 0.174 e. The third-order valence-corrected chi connectivity index (χ3v) is 3.23. The largest absolute Gasteiger partial charge is 0.378 e. The summed E-state index contributed by atoms with van der Waals surface area (Å²) in [5.74, 6) is 0. The second kappa shape index (κ2) is 7.43. The lowest BCUT2D eigenvalue weighted by Gasteiger charge is -2.12. The molecule has 0 saturated heterocycles. The van der Waals surface area contributed by atoms with E-state index in [1.807, 2.05) is 31.2 Å². The van der Waals surface area contributed by atoms with Crippen molar-refractivity contribution in [2.45, 2.75) is 20.1 Å². The van der Waals surface area contributed by atoms with Crippen LogP contribution in [-0.4, -0.2) is 16.8 Å². The summed E-state index contributed by atoms with van der Waals surface area (Å²) in [6, 6.07) is 9.74. The number of hydrogen-bond donors (Lipinski definition) is 1. The van der Waals surface area contributed by atoms with E-state index in [1.165, 1.54) is 0 Å². The van der Waals surface area contributed by atoms with Crippen LogP contribution in [0.4, 0.5) is 5.69 Å². The molecule has 0 fully saturated rings. The van der Waals surface area contributed by atoms with Crippen LogP contribution in [0.25, 0.3) is 0 Å². The van der Waals surface area contributed by atoms with Crippen LogP contribution in [0.5, 0.6) is 0 Å². The number of benzene rings is 1. The van der Waals surface area contributed by atoms with Crippen molar-refractivity contribution in [3.63, 3.8) is 0 Å². The van der Waals surface area contributed by atoms with Crippen LogP contribution in [0.1, 0.15) is 18.1 Å². The van der Waals surface area contributed by atoms with Crippen LogP contribution in [0.15, 0.2) is 30.3 Å². The van der Waals surface area contributed by atoms with E-state index < -0.39 is 0 Å². The van der Waals surface area contributed by atoms with Gasteiger partial charge in [-0.1, -0.05) is 47.5 Å². The van der Waals surface area contributed by atoms with Crippen molar-refractivity contribution in [2.24, 2.45) is 0 Å². The summed E-state index contributed by atoms with van der Waals surface area (Å²) in [6.07, 6.45) is 0. The van der Waals surface area contributed by atoms with Crippen LogP contribution < -0.4 is 5.32 Å². The standard InChI is InChI=1S/C14H15Cl2N3O/c1-2-20-9-11-6-4-3-5-10(11)8-17-12-7-13(15)18-19-14(12)16/h3-7H,2,8-9H2,1H3,(H,17,18). The van der Waals surface area contributed by atoms with Gasteiger partial charge in [0.1, 0.15) is 0 Å². The van der Waals surface area contributed by atoms with Gasteiger partial charge >= 0.3 is 0 Å². The van der Waals surface area contributed by atoms with E-state index in [4.69, 9.17) is 27.9 Å². The van der Waals surface area contributed by atoms with E-state index in [0.717, 1.165) is 11.1 Å². The predicted octanol–water partition coefficient (Wildman–Crippen LogP) is 3.93. The summed E-state index contributed by atoms with van der Waals surface area (Å²) in [6.45, 7) is 3.88. The Balaban J connectivity index is 2.08. The summed E-state index contributed by atoms with van der Waals surface area (Å²) in [5, 5.41) is 11.3. The molecule has 0 atom stereocenters. The lowest BCUT2D eigenvalue weighted by Crippen LogP contribution is -2.05. The van der Waals surface area contributed by atoms with E-state index in [0.29, 0.717) is 35.8 Å². The van der Waals surface area contributed by atoms with Gasteiger partial charge in [-0.3, -0.25) is 0 Å². The Kier molecular flexibility index (Phi) is 5.59. The van der Waals surface area contributed by atoms with Gasteiger partial charge in [0.15, 0.2) is 10.3 Å². The average Bonchev–Trinajstić information content (AvgIpc) is 2.47. The molecule has 0 radical (unpaired) electrons. The van der Waals surface area contributed by atoms with Crippen LogP contribution in [0, 0.1) is 0 Å². The minimum absolute atomic E-state index is 0.302. The molecule has 0 spiro atoms. The normalized spacial score (nSPS) is 10.6. The van der Waals surface area contributed by atoms with E-state index >= 15 is 0 Å². The highest BCUT2D eigenvalue weighted by Crippen LogP contribution is 2.22. The SMILES string of the molecule is CCOCc1ccccc1CNc1cc(Cl)nnc1Cl. The number of nitrogens with one attached hydrogen (secondary N) is 1. The van der Waals surface area contributed by atoms with Gasteiger partial charge in [0.05, 0.1) is 12.3 Å². The molecule has 106 valence electrons. The van der Waals surface area contributed by atoms with Crippen molar-refractivity contribution in [1.82, 2.24) is 10.2 Å². The molecule has 1 aromatic heterocycles. The lowest BCUT2D eigenvalue weighted by molar-refractivity contribution is 0.133. The molecule has 0 aliphatic heterocycles. The number of rotatable bonds is 6. The predicted molar refractivity (Wildman–Crippen MR) is 81.2 cm³/mol. The molecule has 0 bridgehead atoms. The van der Waals surface area contributed by atoms with E-state index in [2.05, 4.69) is 15.5 Å². The summed E-state index contributed by atoms with van der Waals surface area (Å²) in [4.78, 5) is 0. The summed E-state index contributed by atoms with van der Waals surface area (Å²) < 4.78 is 5.46. The van der Waals surface area contributed by atoms with Crippen LogP contribution >= 0.6 is 23.2 Å². The topological polar surface area (TPSA) is 47.0 Å². The minimum Gasteiger partial charge on any atom is -0.378 e. The first kappa shape index (κ1) is 15.0. The zero-order valence-electron chi connectivity index (χ0n) is 11.1. The fourth-order valence-electron chi connectivity index (χ4n) is 1.75. The first-order valence-electron chi connectivity index (χ1n) is 6.27. The van der Waals surface area contributed by atoms with Crippen molar-refractivity contribution in [3.8, 4) is 0 Å². The van der Waals surface area contributed by atoms with E-state index in [9.17, 15) is 0 Å². The Bertz CT molecular complexity index is 578. The number of halogens is 2. The van der Waals surface area contributed by atoms with Crippen LogP contribution in [0.3, 0.4) is 0 Å². The summed E-state index contributed by atoms with van der Waals surface area (Å²) in [7, 11) is 0. The number of ether oxygens (including phenoxy) is 1. The third kappa shape index (κ3) is 4.07. The van der Waals surface area contributed by atoms with Crippen molar-refractivity contribution < 1.29 is 4.74 Å². The van der Waals surface area contributed by atoms with Gasteiger partial charge in [0.25, 0.3) is 0 Å². The molecule has 0 saturated carbocycles. The van der Waals surface area contributed by atoms with Crippen LogP contribution in [0.2, 0.25) is 10.3 Å². The van der Waals surface area contributed by atoms with Gasteiger partial charge < -0.3 is 10.1 Å². The third-order valence-electron chi connectivity index (χ3n) is 2.77. The first-order valence-corrected chi connectivity index (χ1v) is 7.03. The molecule has 4 nitrogen and oxygen atoms in total. The maximum Gasteiger partial charge on any atom is 0.174 e. The number of aromatic nitrogens is 2. The molecule has 1 heterocycles. The number of hydrogen-bond acceptors (Lipinski definition) is 4. The molecular formula is C14H15Cl2N3O. The summed E-state index contributed by atoms with van der Waals surface area (Å²) >= 11 is 11.8. The van der Waals surface area contributed by atoms with Crippen molar-refractivity contribution in [2.75, 3.05) is 11.9 Å². The monoisotopic (exact) mass is 311 g/mol. The van der Waals surface area contributed by atoms with Gasteiger partial charge in [-0.15, -0.1) is 10.2 Å². The van der Waals surface area contributed by atoms with Gasteiger partial charge in [0, 0.05) is 19.2 Å². The Labute approximate surface area is 128 Å². The molecule has 1 N–H and O–H groups in total. The first-order chi connectivity index (χ1) is 9.70. The zero-order valence-corrected chi connectivity index (χ0v) is 12.6. The second-order valence-electron chi connectivity index (χ2n) is 4.13. The molecule has 0 amide bonds. The highest BCUT2D eigenvalue weighted by atomic mass is 35.5. The van der Waals surface area contributed by atoms with E-state index in [-0.39, 0.29) is 0 Å². The second-order valence-corrected chi connectivity index (χ2v) is 4.88. The minimum atomic E-state index is 0.302. The fourth-order valence-corrected chi connectivity index (χ4v) is 2.06. The molecule has 0 aliphatic rings. The highest BCUT2D eigenvalue weighted by molar-refractivity contribution is 6.33. The fraction of sp³-hybridized carbons (Fsp3) is 0.286. The molecule has 2 aromatic rings. The quantitative estimate of drug-likeness (QED) is 0.878. The molecule has 6 heteroatoms. The lowest BCUT2D eigenvalue weighted by atomic mass is 10.1. The Morgan fingerprint density at radius 2 is 1.90 bits per heavy atom. The van der Waals surface area contributed by atoms with Gasteiger partial charge in [-0.25, -0.2) is 0 Å². The maximum atomic E-state index is 5.97. The van der Waals surface area contributed by atoms with Crippen LogP contribution in [-0.2, 0) is 17.9 Å². The van der Waals surface area contributed by atoms with E-state index in [1.54, 1.807) is 6.07 Å².